The molecule has 0 spiro atoms. The summed E-state index contributed by atoms with van der Waals surface area (Å²) in [6.07, 6.45) is 6.04. The van der Waals surface area contributed by atoms with Crippen LogP contribution < -0.4 is 0 Å². The van der Waals surface area contributed by atoms with Crippen LogP contribution in [0.5, 0.6) is 0 Å². The van der Waals surface area contributed by atoms with Crippen molar-refractivity contribution >= 4 is 32.3 Å². The van der Waals surface area contributed by atoms with E-state index < -0.39 is 24.5 Å². The van der Waals surface area contributed by atoms with E-state index in [2.05, 4.69) is 76.7 Å². The van der Waals surface area contributed by atoms with E-state index in [9.17, 15) is 1.37 Å². The summed E-state index contributed by atoms with van der Waals surface area (Å²) in [7, 11) is 0. The first-order valence-corrected chi connectivity index (χ1v) is 16.9. The van der Waals surface area contributed by atoms with Crippen molar-refractivity contribution in [2.45, 2.75) is 72.0 Å². The van der Waals surface area contributed by atoms with Crippen molar-refractivity contribution in [3.63, 3.8) is 0 Å². The minimum absolute atomic E-state index is 0. The molecule has 3 heteroatoms. The van der Waals surface area contributed by atoms with Crippen molar-refractivity contribution in [2.24, 2.45) is 5.41 Å². The molecule has 1 aliphatic rings. The smallest absolute Gasteiger partial charge is 0.0352 e. The van der Waals surface area contributed by atoms with Crippen LogP contribution in [-0.2, 0) is 26.5 Å². The van der Waals surface area contributed by atoms with Gasteiger partial charge in [0.2, 0.25) is 0 Å². The maximum atomic E-state index is 9.18. The molecule has 2 nitrogen and oxygen atoms in total. The molecule has 0 unspecified atom stereocenters. The first-order chi connectivity index (χ1) is 25.7. The third-order valence-corrected chi connectivity index (χ3v) is 8.96. The van der Waals surface area contributed by atoms with Gasteiger partial charge < -0.3 is 9.97 Å². The number of hydrogen-bond donors (Lipinski definition) is 0. The maximum absolute atomic E-state index is 9.18. The second kappa shape index (κ2) is 15.2. The quantitative estimate of drug-likeness (QED) is 0.131. The molecule has 1 saturated carbocycles. The van der Waals surface area contributed by atoms with E-state index >= 15 is 0 Å². The van der Waals surface area contributed by atoms with Crippen LogP contribution >= 0.6 is 0 Å². The Balaban J connectivity index is 0.000000219. The Kier molecular flexibility index (Phi) is 8.55. The first-order valence-electron chi connectivity index (χ1n) is 19.9. The van der Waals surface area contributed by atoms with E-state index in [0.29, 0.717) is 29.7 Å². The summed E-state index contributed by atoms with van der Waals surface area (Å²) in [5, 5.41) is 7.02. The molecule has 5 aromatic carbocycles. The SMILES string of the molecule is [2H]C([2H])([2H])c1cnc(-c2[c-]cc3c4ccccc4c4ccccc4c3c2)cc1C1([2H])CCCCC1.[2H]C([2H])(c1ccc(-c2[c-]cccc2)nc1)C(C)(C)C.[Ir]. The number of benzene rings is 5. The maximum Gasteiger partial charge on any atom is 0.0352 e. The predicted octanol–water partition coefficient (Wildman–Crippen LogP) is 12.5. The second-order valence-electron chi connectivity index (χ2n) is 13.6. The minimum atomic E-state index is -2.30. The fourth-order valence-corrected chi connectivity index (χ4v) is 6.75. The number of pyridine rings is 2. The van der Waals surface area contributed by atoms with Crippen molar-refractivity contribution in [3.05, 3.63) is 144 Å². The van der Waals surface area contributed by atoms with Gasteiger partial charge in [0.05, 0.1) is 0 Å². The molecular weight excluding hydrogens is 773 g/mol. The van der Waals surface area contributed by atoms with E-state index in [1.807, 2.05) is 69.3 Å². The van der Waals surface area contributed by atoms with E-state index in [4.69, 9.17) is 6.85 Å². The van der Waals surface area contributed by atoms with Crippen LogP contribution in [0.15, 0.2) is 116 Å². The summed E-state index contributed by atoms with van der Waals surface area (Å²) < 4.78 is 49.8. The minimum Gasteiger partial charge on any atom is -0.304 e. The summed E-state index contributed by atoms with van der Waals surface area (Å²) in [4.78, 5) is 8.93. The largest absolute Gasteiger partial charge is 0.304 e. The number of aromatic nitrogens is 2. The summed E-state index contributed by atoms with van der Waals surface area (Å²) in [6.45, 7) is 3.39. The summed E-state index contributed by atoms with van der Waals surface area (Å²) in [5.41, 5.74) is 4.17. The average Bonchev–Trinajstić information content (AvgIpc) is 3.18. The van der Waals surface area contributed by atoms with Gasteiger partial charge in [0, 0.05) is 40.7 Å². The number of fused-ring (bicyclic) bond motifs is 6. The van der Waals surface area contributed by atoms with Gasteiger partial charge in [-0.3, -0.25) is 0 Å². The number of aryl methyl sites for hydroxylation is 1. The Morgan fingerprint density at radius 2 is 1.37 bits per heavy atom. The molecule has 0 saturated heterocycles. The molecule has 2 heterocycles. The molecule has 2 aromatic heterocycles. The Hall–Kier alpha value is -4.17. The Labute approximate surface area is 313 Å². The molecule has 0 N–H and O–H groups in total. The topological polar surface area (TPSA) is 25.8 Å². The van der Waals surface area contributed by atoms with Crippen molar-refractivity contribution in [1.29, 1.82) is 0 Å². The van der Waals surface area contributed by atoms with Gasteiger partial charge in [0.15, 0.2) is 0 Å². The van der Waals surface area contributed by atoms with Crippen LogP contribution in [0.25, 0.3) is 54.8 Å². The standard InChI is InChI=1S/C30H26N.C16H18N.Ir/c1-20-19-31-30(18-28(20)21-9-3-2-4-10-21)22-15-16-27-25-13-6-5-11-23(25)24-12-7-8-14-26(24)29(27)17-22;1-16(2,3)11-13-9-10-15(17-12-13)14-7-5-4-6-8-14;/h5-8,11-14,16-19,21H,2-4,9-10H2,1H3;4-7,9-10,12H,11H2,1-3H3;/q2*-1;/i1D3,21D;11D2;. The molecule has 1 fully saturated rings. The van der Waals surface area contributed by atoms with E-state index in [1.165, 1.54) is 27.7 Å². The van der Waals surface area contributed by atoms with Crippen LogP contribution in [0, 0.1) is 24.4 Å². The summed E-state index contributed by atoms with van der Waals surface area (Å²) in [5.74, 6) is -0.889. The molecule has 1 aliphatic carbocycles. The number of nitrogens with zero attached hydrogens (tertiary/aromatic N) is 2. The molecule has 7 aromatic rings. The van der Waals surface area contributed by atoms with Gasteiger partial charge in [0.25, 0.3) is 0 Å². The molecule has 0 atom stereocenters. The van der Waals surface area contributed by atoms with Gasteiger partial charge in [-0.2, -0.15) is 0 Å². The third-order valence-electron chi connectivity index (χ3n) is 8.96. The Morgan fingerprint density at radius 3 is 1.98 bits per heavy atom. The van der Waals surface area contributed by atoms with Crippen LogP contribution in [0.3, 0.4) is 0 Å². The van der Waals surface area contributed by atoms with Gasteiger partial charge in [-0.25, -0.2) is 0 Å². The molecule has 49 heavy (non-hydrogen) atoms. The van der Waals surface area contributed by atoms with Crippen molar-refractivity contribution in [3.8, 4) is 22.5 Å². The van der Waals surface area contributed by atoms with Gasteiger partial charge in [-0.05, 0) is 81.6 Å². The Morgan fingerprint density at radius 1 is 0.714 bits per heavy atom. The van der Waals surface area contributed by atoms with Gasteiger partial charge in [-0.1, -0.05) is 123 Å². The summed E-state index contributed by atoms with van der Waals surface area (Å²) in [6, 6.07) is 40.7. The fourth-order valence-electron chi connectivity index (χ4n) is 6.75. The van der Waals surface area contributed by atoms with Gasteiger partial charge in [0.1, 0.15) is 0 Å². The van der Waals surface area contributed by atoms with Crippen molar-refractivity contribution in [1.82, 2.24) is 9.97 Å². The normalized spacial score (nSPS) is 16.6. The Bertz CT molecular complexity index is 2400. The molecule has 249 valence electrons. The predicted molar refractivity (Wildman–Crippen MR) is 203 cm³/mol. The second-order valence-corrected chi connectivity index (χ2v) is 13.6. The van der Waals surface area contributed by atoms with Gasteiger partial charge >= 0.3 is 0 Å². The van der Waals surface area contributed by atoms with Crippen LogP contribution in [0.4, 0.5) is 0 Å². The number of rotatable bonds is 4. The molecule has 0 amide bonds. The van der Waals surface area contributed by atoms with Gasteiger partial charge in [-0.15, -0.1) is 59.7 Å². The average molecular weight is 823 g/mol. The van der Waals surface area contributed by atoms with Crippen LogP contribution in [-0.4, -0.2) is 9.97 Å². The first kappa shape index (κ1) is 27.6. The number of hydrogen-bond acceptors (Lipinski definition) is 2. The molecule has 1 radical (unpaired) electrons. The van der Waals surface area contributed by atoms with E-state index in [1.54, 1.807) is 6.20 Å². The van der Waals surface area contributed by atoms with Crippen LogP contribution in [0.2, 0.25) is 0 Å². The summed E-state index contributed by atoms with van der Waals surface area (Å²) >= 11 is 0. The zero-order chi connectivity index (χ0) is 38.3. The van der Waals surface area contributed by atoms with Crippen molar-refractivity contribution < 1.29 is 28.3 Å². The fraction of sp³-hybridized carbons (Fsp3) is 0.261. The molecule has 8 rings (SSSR count). The molecule has 0 aliphatic heterocycles. The molecule has 0 bridgehead atoms. The zero-order valence-corrected chi connectivity index (χ0v) is 30.6. The van der Waals surface area contributed by atoms with Crippen LogP contribution in [0.1, 0.15) is 83.7 Å². The monoisotopic (exact) mass is 823 g/mol. The third kappa shape index (κ3) is 7.85. The molecular formula is C46H44IrN2-2. The zero-order valence-electron chi connectivity index (χ0n) is 34.2. The van der Waals surface area contributed by atoms with E-state index in [0.717, 1.165) is 46.9 Å². The van der Waals surface area contributed by atoms with Crippen molar-refractivity contribution in [2.75, 3.05) is 0 Å². The van der Waals surface area contributed by atoms with E-state index in [-0.39, 0.29) is 25.7 Å².